The first-order valence-corrected chi connectivity index (χ1v) is 15.8. The van der Waals surface area contributed by atoms with Crippen molar-refractivity contribution in [1.29, 1.82) is 0 Å². The molecule has 2 atom stereocenters. The highest BCUT2D eigenvalue weighted by Crippen LogP contribution is 2.49. The first kappa shape index (κ1) is 25.1. The SMILES string of the molecule is Cc1ccccc1-c1cc(-c2ccc3cc(C4CC5CCCCC5C4)ccc3c2)c(C2CCCCC2)c[n+]1C. The molecular weight excluding hydrogens is 470 g/mol. The largest absolute Gasteiger partial charge is 0.213 e. The molecule has 0 bridgehead atoms. The van der Waals surface area contributed by atoms with E-state index in [2.05, 4.69) is 91.5 Å². The Labute approximate surface area is 235 Å². The molecule has 1 aromatic heterocycles. The molecule has 3 aliphatic rings. The number of pyridine rings is 1. The fourth-order valence-corrected chi connectivity index (χ4v) is 8.48. The van der Waals surface area contributed by atoms with Gasteiger partial charge in [-0.25, -0.2) is 4.57 Å². The average Bonchev–Trinajstić information content (AvgIpc) is 3.42. The van der Waals surface area contributed by atoms with Crippen LogP contribution in [0.3, 0.4) is 0 Å². The molecule has 0 amide bonds. The van der Waals surface area contributed by atoms with E-state index in [0.29, 0.717) is 5.92 Å². The standard InChI is InChI=1S/C38H44N/c1-26-10-6-9-15-35(26)38-24-36(37(25-39(38)2)27-11-4-3-5-12-27)33-19-18-30-20-32(17-16-31(30)21-33)34-22-28-13-7-8-14-29(28)23-34/h6,9-10,15-21,24-25,27-29,34H,3-5,7-8,11-14,22-23H2,1-2H3/q+1. The summed E-state index contributed by atoms with van der Waals surface area (Å²) in [6, 6.07) is 26.0. The molecule has 4 aromatic rings. The van der Waals surface area contributed by atoms with E-state index in [4.69, 9.17) is 0 Å². The number of rotatable bonds is 4. The van der Waals surface area contributed by atoms with E-state index in [-0.39, 0.29) is 0 Å². The first-order chi connectivity index (χ1) is 19.1. The zero-order chi connectivity index (χ0) is 26.3. The number of fused-ring (bicyclic) bond motifs is 2. The van der Waals surface area contributed by atoms with Crippen LogP contribution >= 0.6 is 0 Å². The van der Waals surface area contributed by atoms with Gasteiger partial charge in [-0.15, -0.1) is 0 Å². The van der Waals surface area contributed by atoms with Gasteiger partial charge in [0.25, 0.3) is 0 Å². The second-order valence-corrected chi connectivity index (χ2v) is 13.1. The van der Waals surface area contributed by atoms with Crippen LogP contribution in [0.15, 0.2) is 72.9 Å². The molecule has 0 radical (unpaired) electrons. The highest BCUT2D eigenvalue weighted by molar-refractivity contribution is 5.89. The first-order valence-electron chi connectivity index (χ1n) is 15.8. The third kappa shape index (κ3) is 4.83. The molecule has 3 aliphatic carbocycles. The summed E-state index contributed by atoms with van der Waals surface area (Å²) >= 11 is 0. The van der Waals surface area contributed by atoms with Crippen LogP contribution in [0.2, 0.25) is 0 Å². The molecule has 7 rings (SSSR count). The Kier molecular flexibility index (Phi) is 6.79. The number of aromatic nitrogens is 1. The molecule has 39 heavy (non-hydrogen) atoms. The smallest absolute Gasteiger partial charge is 0.201 e. The average molecular weight is 515 g/mol. The van der Waals surface area contributed by atoms with Gasteiger partial charge in [-0.05, 0) is 101 Å². The fraction of sp³-hybridized carbons (Fsp3) is 0.447. The van der Waals surface area contributed by atoms with Crippen molar-refractivity contribution in [3.05, 3.63) is 89.6 Å². The molecule has 1 heteroatoms. The van der Waals surface area contributed by atoms with Gasteiger partial charge in [0, 0.05) is 17.2 Å². The van der Waals surface area contributed by atoms with E-state index in [1.165, 1.54) is 109 Å². The van der Waals surface area contributed by atoms with Crippen molar-refractivity contribution in [2.24, 2.45) is 18.9 Å². The van der Waals surface area contributed by atoms with Gasteiger partial charge < -0.3 is 0 Å². The van der Waals surface area contributed by atoms with E-state index < -0.39 is 0 Å². The number of nitrogens with zero attached hydrogens (tertiary/aromatic N) is 1. The van der Waals surface area contributed by atoms with Gasteiger partial charge in [-0.1, -0.05) is 93.5 Å². The van der Waals surface area contributed by atoms with E-state index >= 15 is 0 Å². The van der Waals surface area contributed by atoms with Crippen molar-refractivity contribution in [3.63, 3.8) is 0 Å². The van der Waals surface area contributed by atoms with Gasteiger partial charge in [-0.3, -0.25) is 0 Å². The maximum Gasteiger partial charge on any atom is 0.213 e. The van der Waals surface area contributed by atoms with Crippen LogP contribution in [0.1, 0.15) is 99.2 Å². The van der Waals surface area contributed by atoms with Crippen molar-refractivity contribution < 1.29 is 4.57 Å². The summed E-state index contributed by atoms with van der Waals surface area (Å²) in [5.41, 5.74) is 9.91. The summed E-state index contributed by atoms with van der Waals surface area (Å²) in [7, 11) is 2.24. The molecular formula is C38H44N+. The molecule has 0 spiro atoms. The molecule has 200 valence electrons. The lowest BCUT2D eigenvalue weighted by Gasteiger charge is -2.24. The Morgan fingerprint density at radius 2 is 1.33 bits per heavy atom. The summed E-state index contributed by atoms with van der Waals surface area (Å²) in [6.07, 6.45) is 17.9. The van der Waals surface area contributed by atoms with Crippen molar-refractivity contribution >= 4 is 10.8 Å². The van der Waals surface area contributed by atoms with E-state index in [9.17, 15) is 0 Å². The van der Waals surface area contributed by atoms with Gasteiger partial charge in [-0.2, -0.15) is 0 Å². The van der Waals surface area contributed by atoms with Crippen LogP contribution in [-0.4, -0.2) is 0 Å². The fourth-order valence-electron chi connectivity index (χ4n) is 8.48. The van der Waals surface area contributed by atoms with E-state index in [1.807, 2.05) is 0 Å². The minimum absolute atomic E-state index is 0.662. The Morgan fingerprint density at radius 1 is 0.641 bits per heavy atom. The molecule has 0 N–H and O–H groups in total. The van der Waals surface area contributed by atoms with Crippen LogP contribution in [0.5, 0.6) is 0 Å². The Hall–Kier alpha value is -2.93. The minimum Gasteiger partial charge on any atom is -0.201 e. The summed E-state index contributed by atoms with van der Waals surface area (Å²) in [4.78, 5) is 0. The lowest BCUT2D eigenvalue weighted by atomic mass is 9.81. The number of benzene rings is 3. The van der Waals surface area contributed by atoms with Gasteiger partial charge in [0.15, 0.2) is 6.20 Å². The molecule has 1 heterocycles. The van der Waals surface area contributed by atoms with Crippen molar-refractivity contribution in [2.75, 3.05) is 0 Å². The van der Waals surface area contributed by atoms with Crippen LogP contribution in [0.25, 0.3) is 33.2 Å². The summed E-state index contributed by atoms with van der Waals surface area (Å²) in [5, 5.41) is 2.79. The number of hydrogen-bond donors (Lipinski definition) is 0. The molecule has 0 aliphatic heterocycles. The molecule has 0 saturated heterocycles. The molecule has 3 aromatic carbocycles. The Bertz CT molecular complexity index is 1480. The molecule has 3 fully saturated rings. The van der Waals surface area contributed by atoms with E-state index in [0.717, 1.165) is 17.8 Å². The summed E-state index contributed by atoms with van der Waals surface area (Å²) in [6.45, 7) is 2.23. The van der Waals surface area contributed by atoms with Crippen molar-refractivity contribution in [1.82, 2.24) is 0 Å². The molecule has 1 nitrogen and oxygen atoms in total. The molecule has 2 unspecified atom stereocenters. The predicted octanol–water partition coefficient (Wildman–Crippen LogP) is 10.0. The quantitative estimate of drug-likeness (QED) is 0.239. The highest BCUT2D eigenvalue weighted by atomic mass is 14.9. The third-order valence-electron chi connectivity index (χ3n) is 10.7. The lowest BCUT2D eigenvalue weighted by Crippen LogP contribution is -2.32. The maximum absolute atomic E-state index is 2.52. The summed E-state index contributed by atoms with van der Waals surface area (Å²) in [5.74, 6) is 3.41. The van der Waals surface area contributed by atoms with Gasteiger partial charge in [0.05, 0.1) is 0 Å². The summed E-state index contributed by atoms with van der Waals surface area (Å²) < 4.78 is 2.38. The second kappa shape index (κ2) is 10.6. The maximum atomic E-state index is 2.52. The Morgan fingerprint density at radius 3 is 2.10 bits per heavy atom. The minimum atomic E-state index is 0.662. The topological polar surface area (TPSA) is 3.88 Å². The van der Waals surface area contributed by atoms with Gasteiger partial charge >= 0.3 is 0 Å². The number of aryl methyl sites for hydroxylation is 2. The van der Waals surface area contributed by atoms with Crippen LogP contribution in [-0.2, 0) is 7.05 Å². The zero-order valence-corrected chi connectivity index (χ0v) is 24.0. The normalized spacial score (nSPS) is 23.7. The van der Waals surface area contributed by atoms with Crippen LogP contribution in [0, 0.1) is 18.8 Å². The predicted molar refractivity (Wildman–Crippen MR) is 164 cm³/mol. The lowest BCUT2D eigenvalue weighted by molar-refractivity contribution is -0.660. The monoisotopic (exact) mass is 514 g/mol. The van der Waals surface area contributed by atoms with Crippen LogP contribution in [0.4, 0.5) is 0 Å². The van der Waals surface area contributed by atoms with E-state index in [1.54, 1.807) is 11.1 Å². The van der Waals surface area contributed by atoms with Crippen molar-refractivity contribution in [2.45, 2.75) is 89.4 Å². The van der Waals surface area contributed by atoms with Crippen LogP contribution < -0.4 is 4.57 Å². The zero-order valence-electron chi connectivity index (χ0n) is 24.0. The second-order valence-electron chi connectivity index (χ2n) is 13.1. The molecule has 3 saturated carbocycles. The van der Waals surface area contributed by atoms with Crippen molar-refractivity contribution in [3.8, 4) is 22.4 Å². The number of hydrogen-bond acceptors (Lipinski definition) is 0. The third-order valence-corrected chi connectivity index (χ3v) is 10.7. The highest BCUT2D eigenvalue weighted by Gasteiger charge is 2.36. The van der Waals surface area contributed by atoms with Gasteiger partial charge in [0.2, 0.25) is 5.69 Å². The van der Waals surface area contributed by atoms with Gasteiger partial charge in [0.1, 0.15) is 7.05 Å². The Balaban J connectivity index is 1.28.